The molecule has 0 saturated carbocycles. The summed E-state index contributed by atoms with van der Waals surface area (Å²) in [5, 5.41) is 2.62. The maximum atomic E-state index is 14.3. The molecule has 1 aliphatic rings. The Morgan fingerprint density at radius 2 is 2.19 bits per heavy atom. The van der Waals surface area contributed by atoms with Crippen LogP contribution in [-0.2, 0) is 4.79 Å². The first-order valence-electron chi connectivity index (χ1n) is 6.02. The van der Waals surface area contributed by atoms with E-state index in [1.807, 2.05) is 13.8 Å². The maximum Gasteiger partial charge on any atom is 0.270 e. The number of halogens is 1. The summed E-state index contributed by atoms with van der Waals surface area (Å²) in [5.41, 5.74) is -1.96. The molecule has 1 amide bonds. The van der Waals surface area contributed by atoms with Crippen LogP contribution in [0, 0.1) is 17.8 Å². The molecule has 0 heterocycles. The van der Waals surface area contributed by atoms with E-state index in [4.69, 9.17) is 0 Å². The van der Waals surface area contributed by atoms with Crippen molar-refractivity contribution in [2.24, 2.45) is 5.92 Å². The van der Waals surface area contributed by atoms with Crippen LogP contribution in [-0.4, -0.2) is 18.1 Å². The third-order valence-corrected chi connectivity index (χ3v) is 2.64. The Kier molecular flexibility index (Phi) is 4.79. The first kappa shape index (κ1) is 13.0. The normalized spacial score (nSPS) is 25.2. The number of carbonyl (C=O) groups excluding carboxylic acids is 1. The van der Waals surface area contributed by atoms with Crippen molar-refractivity contribution >= 4 is 5.91 Å². The van der Waals surface area contributed by atoms with Crippen LogP contribution in [0.5, 0.6) is 0 Å². The fourth-order valence-electron chi connectivity index (χ4n) is 1.63. The molecule has 90 valence electrons. The standard InChI is InChI=1S/C13H20FNO/c1-11(2)10-15-12(16)13(14)8-6-4-3-5-7-9-13/h11H,3-6,8,10H2,1-2H3,(H,15,16). The van der Waals surface area contributed by atoms with Crippen LogP contribution in [0.1, 0.15) is 46.0 Å². The van der Waals surface area contributed by atoms with Gasteiger partial charge in [-0.25, -0.2) is 4.39 Å². The van der Waals surface area contributed by atoms with Gasteiger partial charge in [0.05, 0.1) is 0 Å². The van der Waals surface area contributed by atoms with Gasteiger partial charge in [-0.15, -0.1) is 0 Å². The Hall–Kier alpha value is -1.04. The van der Waals surface area contributed by atoms with E-state index < -0.39 is 11.6 Å². The van der Waals surface area contributed by atoms with Crippen LogP contribution < -0.4 is 5.32 Å². The van der Waals surface area contributed by atoms with Gasteiger partial charge in [-0.1, -0.05) is 32.1 Å². The summed E-state index contributed by atoms with van der Waals surface area (Å²) in [6, 6.07) is 0. The summed E-state index contributed by atoms with van der Waals surface area (Å²) in [6.45, 7) is 4.47. The second kappa shape index (κ2) is 5.89. The Morgan fingerprint density at radius 3 is 2.88 bits per heavy atom. The average molecular weight is 225 g/mol. The molecule has 1 rings (SSSR count). The fraction of sp³-hybridized carbons (Fsp3) is 0.769. The van der Waals surface area contributed by atoms with Crippen molar-refractivity contribution in [3.8, 4) is 11.8 Å². The van der Waals surface area contributed by atoms with Crippen LogP contribution in [0.15, 0.2) is 0 Å². The summed E-state index contributed by atoms with van der Waals surface area (Å²) in [6.07, 6.45) is 3.63. The van der Waals surface area contributed by atoms with Crippen LogP contribution >= 0.6 is 0 Å². The number of hydrogen-bond acceptors (Lipinski definition) is 1. The van der Waals surface area contributed by atoms with Gasteiger partial charge in [0.1, 0.15) is 0 Å². The monoisotopic (exact) mass is 225 g/mol. The summed E-state index contributed by atoms with van der Waals surface area (Å²) >= 11 is 0. The molecule has 0 aromatic rings. The topological polar surface area (TPSA) is 29.1 Å². The quantitative estimate of drug-likeness (QED) is 0.734. The summed E-state index contributed by atoms with van der Waals surface area (Å²) in [5.74, 6) is 5.02. The minimum atomic E-state index is -1.96. The molecular formula is C13H20FNO. The minimum absolute atomic E-state index is 0.226. The van der Waals surface area contributed by atoms with Gasteiger partial charge >= 0.3 is 0 Å². The Morgan fingerprint density at radius 1 is 1.44 bits per heavy atom. The van der Waals surface area contributed by atoms with Crippen molar-refractivity contribution in [2.45, 2.75) is 51.6 Å². The number of alkyl halides is 1. The van der Waals surface area contributed by atoms with Crippen LogP contribution in [0.4, 0.5) is 4.39 Å². The van der Waals surface area contributed by atoms with Gasteiger partial charge in [-0.05, 0) is 18.8 Å². The molecule has 0 aliphatic heterocycles. The van der Waals surface area contributed by atoms with Crippen molar-refractivity contribution in [1.82, 2.24) is 5.32 Å². The third kappa shape index (κ3) is 3.84. The van der Waals surface area contributed by atoms with Gasteiger partial charge in [0.25, 0.3) is 5.91 Å². The molecule has 0 aromatic carbocycles. The largest absolute Gasteiger partial charge is 0.352 e. The van der Waals surface area contributed by atoms with E-state index in [9.17, 15) is 9.18 Å². The maximum absolute atomic E-state index is 14.3. The second-order valence-corrected chi connectivity index (χ2v) is 4.77. The van der Waals surface area contributed by atoms with Gasteiger partial charge < -0.3 is 5.32 Å². The molecule has 16 heavy (non-hydrogen) atoms. The van der Waals surface area contributed by atoms with E-state index in [2.05, 4.69) is 17.2 Å². The second-order valence-electron chi connectivity index (χ2n) is 4.77. The lowest BCUT2D eigenvalue weighted by Crippen LogP contribution is -2.44. The highest BCUT2D eigenvalue weighted by atomic mass is 19.1. The lowest BCUT2D eigenvalue weighted by atomic mass is 9.94. The molecule has 0 radical (unpaired) electrons. The lowest BCUT2D eigenvalue weighted by molar-refractivity contribution is -0.130. The zero-order chi connectivity index (χ0) is 12.0. The number of nitrogens with one attached hydrogen (secondary N) is 1. The molecule has 0 saturated heterocycles. The zero-order valence-corrected chi connectivity index (χ0v) is 10.1. The first-order chi connectivity index (χ1) is 7.54. The number of amides is 1. The first-order valence-corrected chi connectivity index (χ1v) is 6.02. The van der Waals surface area contributed by atoms with Crippen molar-refractivity contribution in [3.63, 3.8) is 0 Å². The molecule has 0 fully saturated rings. The van der Waals surface area contributed by atoms with Gasteiger partial charge in [0.2, 0.25) is 5.67 Å². The van der Waals surface area contributed by atoms with E-state index in [0.717, 1.165) is 19.3 Å². The Balaban J connectivity index is 2.62. The van der Waals surface area contributed by atoms with E-state index >= 15 is 0 Å². The molecule has 0 spiro atoms. The summed E-state index contributed by atoms with van der Waals surface area (Å²) < 4.78 is 14.3. The fourth-order valence-corrected chi connectivity index (χ4v) is 1.63. The van der Waals surface area contributed by atoms with E-state index in [1.165, 1.54) is 0 Å². The molecule has 3 heteroatoms. The third-order valence-electron chi connectivity index (χ3n) is 2.64. The van der Waals surface area contributed by atoms with Crippen molar-refractivity contribution in [3.05, 3.63) is 0 Å². The number of hydrogen-bond donors (Lipinski definition) is 1. The molecule has 1 aliphatic carbocycles. The van der Waals surface area contributed by atoms with Gasteiger partial charge in [0.15, 0.2) is 0 Å². The highest BCUT2D eigenvalue weighted by molar-refractivity contribution is 5.88. The van der Waals surface area contributed by atoms with Crippen molar-refractivity contribution in [2.75, 3.05) is 6.54 Å². The Bertz CT molecular complexity index is 303. The van der Waals surface area contributed by atoms with Crippen LogP contribution in [0.2, 0.25) is 0 Å². The van der Waals surface area contributed by atoms with Gasteiger partial charge in [-0.2, -0.15) is 0 Å². The van der Waals surface area contributed by atoms with E-state index in [-0.39, 0.29) is 6.42 Å². The summed E-state index contributed by atoms with van der Waals surface area (Å²) in [7, 11) is 0. The molecule has 1 atom stereocenters. The zero-order valence-electron chi connectivity index (χ0n) is 10.1. The predicted molar refractivity (Wildman–Crippen MR) is 62.5 cm³/mol. The number of carbonyl (C=O) groups is 1. The number of rotatable bonds is 3. The molecule has 0 aromatic heterocycles. The van der Waals surface area contributed by atoms with E-state index in [1.54, 1.807) is 0 Å². The molecular weight excluding hydrogens is 205 g/mol. The highest BCUT2D eigenvalue weighted by Gasteiger charge is 2.36. The van der Waals surface area contributed by atoms with Crippen molar-refractivity contribution in [1.29, 1.82) is 0 Å². The molecule has 0 bridgehead atoms. The Labute approximate surface area is 97.0 Å². The summed E-state index contributed by atoms with van der Waals surface area (Å²) in [4.78, 5) is 11.7. The van der Waals surface area contributed by atoms with Crippen LogP contribution in [0.3, 0.4) is 0 Å². The van der Waals surface area contributed by atoms with Crippen molar-refractivity contribution < 1.29 is 9.18 Å². The van der Waals surface area contributed by atoms with Gasteiger partial charge in [-0.3, -0.25) is 4.79 Å². The van der Waals surface area contributed by atoms with Crippen LogP contribution in [0.25, 0.3) is 0 Å². The average Bonchev–Trinajstić information content (AvgIpc) is 2.20. The smallest absolute Gasteiger partial charge is 0.270 e. The lowest BCUT2D eigenvalue weighted by Gasteiger charge is -2.20. The highest BCUT2D eigenvalue weighted by Crippen LogP contribution is 2.22. The molecule has 1 N–H and O–H groups in total. The molecule has 2 nitrogen and oxygen atoms in total. The SMILES string of the molecule is CC(C)CNC(=O)C1(F)C#CCCCCC1. The predicted octanol–water partition coefficient (Wildman–Crippen LogP) is 2.43. The molecule has 1 unspecified atom stereocenters. The minimum Gasteiger partial charge on any atom is -0.352 e. The van der Waals surface area contributed by atoms with Gasteiger partial charge in [0, 0.05) is 19.4 Å². The van der Waals surface area contributed by atoms with E-state index in [0.29, 0.717) is 18.9 Å².